The number of rotatable bonds is 6. The Bertz CT molecular complexity index is 2670. The molecule has 2 heterocycles. The van der Waals surface area contributed by atoms with Gasteiger partial charge >= 0.3 is 0 Å². The first kappa shape index (κ1) is 30.1. The maximum Gasteiger partial charge on any atom is 0.197 e. The van der Waals surface area contributed by atoms with Gasteiger partial charge < -0.3 is 14.8 Å². The molecule has 0 atom stereocenters. The van der Waals surface area contributed by atoms with Crippen LogP contribution in [0.1, 0.15) is 0 Å². The summed E-state index contributed by atoms with van der Waals surface area (Å²) in [4.78, 5) is 8.57. The normalized spacial score (nSPS) is 12.0. The SMILES string of the molecule is [B]1c2cc(N(c3ccccc3)c3ccccc3)ccc2N(c2ccccc2)c2cc(-c3ccccc3)cc(-c3cccc4c3[nH]c3ccccc34)c21. The second-order valence-electron chi connectivity index (χ2n) is 13.3. The minimum atomic E-state index is 1.10. The third-order valence-electron chi connectivity index (χ3n) is 10.2. The molecule has 1 aliphatic rings. The molecule has 8 aromatic carbocycles. The third-order valence-corrected chi connectivity index (χ3v) is 10.2. The number of fused-ring (bicyclic) bond motifs is 5. The Morgan fingerprint density at radius 3 is 1.81 bits per heavy atom. The smallest absolute Gasteiger partial charge is 0.197 e. The molecular weight excluding hydrogens is 629 g/mol. The lowest BCUT2D eigenvalue weighted by Gasteiger charge is -2.36. The van der Waals surface area contributed by atoms with Crippen LogP contribution in [-0.2, 0) is 0 Å². The Balaban J connectivity index is 1.24. The number of para-hydroxylation sites is 5. The fourth-order valence-corrected chi connectivity index (χ4v) is 7.83. The Hall–Kier alpha value is -6.78. The standard InChI is InChI=1S/C48H33BN3/c1-5-16-33(17-6-1)34-30-42(41-26-15-25-40-39-24-13-14-27-44(39)50-48(40)41)47-46(31-34)52(37-22-11-4-12-23-37)45-29-28-38(32-43(45)49-47)51(35-18-7-2-8-19-35)36-20-9-3-10-21-36/h1-32,50H. The number of aromatic nitrogens is 1. The molecule has 0 fully saturated rings. The maximum atomic E-state index is 3.80. The molecule has 9 aromatic rings. The number of anilines is 6. The second-order valence-corrected chi connectivity index (χ2v) is 13.3. The van der Waals surface area contributed by atoms with Crippen LogP contribution in [0, 0.1) is 0 Å². The highest BCUT2D eigenvalue weighted by Gasteiger charge is 2.30. The van der Waals surface area contributed by atoms with Crippen molar-refractivity contribution in [2.45, 2.75) is 0 Å². The van der Waals surface area contributed by atoms with E-state index in [4.69, 9.17) is 0 Å². The summed E-state index contributed by atoms with van der Waals surface area (Å²) in [5, 5.41) is 2.46. The van der Waals surface area contributed by atoms with E-state index in [0.29, 0.717) is 0 Å². The van der Waals surface area contributed by atoms with Crippen LogP contribution in [0.5, 0.6) is 0 Å². The summed E-state index contributed by atoms with van der Waals surface area (Å²) in [7, 11) is 2.40. The quantitative estimate of drug-likeness (QED) is 0.179. The van der Waals surface area contributed by atoms with E-state index >= 15 is 0 Å². The van der Waals surface area contributed by atoms with E-state index in [1.165, 1.54) is 38.5 Å². The number of benzene rings is 8. The monoisotopic (exact) mass is 662 g/mol. The Kier molecular flexibility index (Phi) is 7.25. The highest BCUT2D eigenvalue weighted by molar-refractivity contribution is 6.73. The van der Waals surface area contributed by atoms with Crippen LogP contribution in [0.2, 0.25) is 0 Å². The predicted octanol–water partition coefficient (Wildman–Crippen LogP) is 11.6. The molecule has 0 bridgehead atoms. The Morgan fingerprint density at radius 2 is 1.08 bits per heavy atom. The first-order valence-electron chi connectivity index (χ1n) is 17.8. The molecule has 0 saturated carbocycles. The van der Waals surface area contributed by atoms with Gasteiger partial charge in [0.2, 0.25) is 0 Å². The van der Waals surface area contributed by atoms with Crippen molar-refractivity contribution in [2.75, 3.05) is 9.80 Å². The maximum absolute atomic E-state index is 3.80. The van der Waals surface area contributed by atoms with Crippen molar-refractivity contribution < 1.29 is 0 Å². The predicted molar refractivity (Wildman–Crippen MR) is 221 cm³/mol. The first-order valence-corrected chi connectivity index (χ1v) is 17.8. The number of aromatic amines is 1. The zero-order chi connectivity index (χ0) is 34.4. The molecule has 0 saturated heterocycles. The number of nitrogens with zero attached hydrogens (tertiary/aromatic N) is 2. The lowest BCUT2D eigenvalue weighted by atomic mass is 9.58. The van der Waals surface area contributed by atoms with Gasteiger partial charge in [0.05, 0.1) is 5.52 Å². The van der Waals surface area contributed by atoms with Crippen molar-refractivity contribution in [3.05, 3.63) is 194 Å². The molecule has 10 rings (SSSR count). The van der Waals surface area contributed by atoms with Gasteiger partial charge in [-0.2, -0.15) is 0 Å². The molecule has 1 aliphatic heterocycles. The molecular formula is C48H33BN3. The molecule has 1 aromatic heterocycles. The van der Waals surface area contributed by atoms with E-state index in [-0.39, 0.29) is 0 Å². The molecule has 0 unspecified atom stereocenters. The van der Waals surface area contributed by atoms with E-state index in [1.807, 2.05) is 0 Å². The van der Waals surface area contributed by atoms with Crippen molar-refractivity contribution in [1.29, 1.82) is 0 Å². The number of hydrogen-bond acceptors (Lipinski definition) is 2. The molecule has 4 heteroatoms. The van der Waals surface area contributed by atoms with Gasteiger partial charge in [0.1, 0.15) is 0 Å². The molecule has 0 spiro atoms. The Labute approximate surface area is 304 Å². The molecule has 1 radical (unpaired) electrons. The lowest BCUT2D eigenvalue weighted by molar-refractivity contribution is 1.26. The minimum Gasteiger partial charge on any atom is -0.354 e. The van der Waals surface area contributed by atoms with Gasteiger partial charge in [-0.3, -0.25) is 0 Å². The average Bonchev–Trinajstić information content (AvgIpc) is 3.60. The van der Waals surface area contributed by atoms with Gasteiger partial charge in [0, 0.05) is 56.0 Å². The first-order chi connectivity index (χ1) is 25.8. The van der Waals surface area contributed by atoms with Crippen molar-refractivity contribution in [3.8, 4) is 22.3 Å². The molecule has 0 amide bonds. The summed E-state index contributed by atoms with van der Waals surface area (Å²) in [5.41, 5.74) is 16.1. The van der Waals surface area contributed by atoms with Gasteiger partial charge in [0.15, 0.2) is 7.28 Å². The average molecular weight is 663 g/mol. The highest BCUT2D eigenvalue weighted by Crippen LogP contribution is 2.43. The zero-order valence-corrected chi connectivity index (χ0v) is 28.4. The van der Waals surface area contributed by atoms with Crippen LogP contribution in [0.25, 0.3) is 44.1 Å². The van der Waals surface area contributed by atoms with Crippen molar-refractivity contribution >= 4 is 74.1 Å². The minimum absolute atomic E-state index is 1.10. The second kappa shape index (κ2) is 12.5. The molecule has 0 aliphatic carbocycles. The molecule has 243 valence electrons. The zero-order valence-electron chi connectivity index (χ0n) is 28.4. The van der Waals surface area contributed by atoms with E-state index in [9.17, 15) is 0 Å². The van der Waals surface area contributed by atoms with Crippen molar-refractivity contribution in [3.63, 3.8) is 0 Å². The summed E-state index contributed by atoms with van der Waals surface area (Å²) in [6, 6.07) is 69.6. The number of hydrogen-bond donors (Lipinski definition) is 1. The van der Waals surface area contributed by atoms with E-state index < -0.39 is 0 Å². The lowest BCUT2D eigenvalue weighted by Crippen LogP contribution is -2.41. The fraction of sp³-hybridized carbons (Fsp3) is 0. The van der Waals surface area contributed by atoms with E-state index in [1.54, 1.807) is 0 Å². The molecule has 3 nitrogen and oxygen atoms in total. The largest absolute Gasteiger partial charge is 0.354 e. The summed E-state index contributed by atoms with van der Waals surface area (Å²) in [6.07, 6.45) is 0. The molecule has 1 N–H and O–H groups in total. The number of nitrogens with one attached hydrogen (secondary N) is 1. The van der Waals surface area contributed by atoms with Crippen LogP contribution in [0.4, 0.5) is 34.1 Å². The molecule has 52 heavy (non-hydrogen) atoms. The van der Waals surface area contributed by atoms with Crippen LogP contribution in [-0.4, -0.2) is 12.3 Å². The number of H-pyrrole nitrogens is 1. The summed E-state index contributed by atoms with van der Waals surface area (Å²) in [5.74, 6) is 0. The Morgan fingerprint density at radius 1 is 0.442 bits per heavy atom. The van der Waals surface area contributed by atoms with Gasteiger partial charge in [-0.15, -0.1) is 0 Å². The van der Waals surface area contributed by atoms with Gasteiger partial charge in [-0.1, -0.05) is 127 Å². The van der Waals surface area contributed by atoms with Crippen LogP contribution >= 0.6 is 0 Å². The van der Waals surface area contributed by atoms with Crippen LogP contribution in [0.15, 0.2) is 194 Å². The topological polar surface area (TPSA) is 22.3 Å². The summed E-state index contributed by atoms with van der Waals surface area (Å²) in [6.45, 7) is 0. The van der Waals surface area contributed by atoms with Crippen LogP contribution in [0.3, 0.4) is 0 Å². The summed E-state index contributed by atoms with van der Waals surface area (Å²) < 4.78 is 0. The van der Waals surface area contributed by atoms with Gasteiger partial charge in [-0.05, 0) is 94.9 Å². The van der Waals surface area contributed by atoms with Gasteiger partial charge in [-0.25, -0.2) is 0 Å². The van der Waals surface area contributed by atoms with E-state index in [0.717, 1.165) is 50.6 Å². The van der Waals surface area contributed by atoms with E-state index in [2.05, 4.69) is 216 Å². The fourth-order valence-electron chi connectivity index (χ4n) is 7.83. The van der Waals surface area contributed by atoms with Crippen LogP contribution < -0.4 is 20.7 Å². The van der Waals surface area contributed by atoms with Crippen molar-refractivity contribution in [2.24, 2.45) is 0 Å². The summed E-state index contributed by atoms with van der Waals surface area (Å²) >= 11 is 0. The van der Waals surface area contributed by atoms with Gasteiger partial charge in [0.25, 0.3) is 0 Å². The highest BCUT2D eigenvalue weighted by atomic mass is 15.2. The third kappa shape index (κ3) is 5.08. The van der Waals surface area contributed by atoms with Crippen molar-refractivity contribution in [1.82, 2.24) is 4.98 Å².